The Bertz CT molecular complexity index is 250. The van der Waals surface area contributed by atoms with E-state index < -0.39 is 21.1 Å². The van der Waals surface area contributed by atoms with Gasteiger partial charge in [0.1, 0.15) is 3.23 Å². The molecule has 0 spiro atoms. The summed E-state index contributed by atoms with van der Waals surface area (Å²) in [6, 6.07) is 0. The molecule has 0 aromatic heterocycles. The third kappa shape index (κ3) is 23.2. The highest BCUT2D eigenvalue weighted by Gasteiger charge is 2.11. The lowest BCUT2D eigenvalue weighted by atomic mass is 10.3. The highest BCUT2D eigenvalue weighted by Crippen LogP contribution is 2.26. The quantitative estimate of drug-likeness (QED) is 0.450. The molecule has 0 amide bonds. The smallest absolute Gasteiger partial charge is 0.303 e. The fourth-order valence-corrected chi connectivity index (χ4v) is 0.850. The van der Waals surface area contributed by atoms with Crippen LogP contribution in [0.25, 0.3) is 0 Å². The van der Waals surface area contributed by atoms with Gasteiger partial charge in [-0.3, -0.25) is 9.59 Å². The summed E-state index contributed by atoms with van der Waals surface area (Å²) >= 11 is 6.20. The molecule has 0 aliphatic rings. The van der Waals surface area contributed by atoms with E-state index >= 15 is 0 Å². The third-order valence-electron chi connectivity index (χ3n) is 0.935. The molecule has 4 N–H and O–H groups in total. The number of carbonyl (C=O) groups is 2. The number of hydrogen-bond acceptors (Lipinski definition) is 4. The Kier molecular flexibility index (Phi) is 9.25. The summed E-state index contributed by atoms with van der Waals surface area (Å²) in [4.78, 5) is 19.3. The predicted octanol–water partition coefficient (Wildman–Crippen LogP) is 2.39. The van der Waals surface area contributed by atoms with Crippen molar-refractivity contribution >= 4 is 43.8 Å². The van der Waals surface area contributed by atoms with E-state index in [1.807, 2.05) is 0 Å². The summed E-state index contributed by atoms with van der Waals surface area (Å²) in [5, 5.41) is 32.3. The second-order valence-electron chi connectivity index (χ2n) is 2.75. The summed E-state index contributed by atoms with van der Waals surface area (Å²) < 4.78 is -0.515. The molecular formula is C8H12Br2O6. The molecule has 0 heterocycles. The molecular weight excluding hydrogens is 352 g/mol. The zero-order valence-electron chi connectivity index (χ0n) is 8.35. The molecule has 0 aliphatic heterocycles. The minimum absolute atomic E-state index is 0.296. The molecule has 0 saturated carbocycles. The van der Waals surface area contributed by atoms with Crippen molar-refractivity contribution in [1.82, 2.24) is 0 Å². The van der Waals surface area contributed by atoms with Crippen molar-refractivity contribution in [2.24, 2.45) is 0 Å². The minimum Gasteiger partial charge on any atom is -0.481 e. The van der Waals surface area contributed by atoms with Crippen LogP contribution >= 0.6 is 31.9 Å². The molecule has 0 aromatic carbocycles. The molecule has 0 unspecified atom stereocenters. The number of aliphatic hydroxyl groups excluding tert-OH is 1. The Labute approximate surface area is 109 Å². The SMILES string of the molecule is CC(Br)(Br)C=C(O)O.O=C(O)CCC(=O)O. The molecule has 0 saturated heterocycles. The summed E-state index contributed by atoms with van der Waals surface area (Å²) in [5.74, 6) is -2.85. The average molecular weight is 364 g/mol. The zero-order valence-corrected chi connectivity index (χ0v) is 11.5. The maximum absolute atomic E-state index is 9.64. The molecule has 0 aliphatic carbocycles. The highest BCUT2D eigenvalue weighted by atomic mass is 79.9. The Morgan fingerprint density at radius 1 is 1.06 bits per heavy atom. The standard InChI is InChI=1S/C4H6Br2O2.C4H6O4/c1-4(5,6)2-3(7)8;5-3(6)1-2-4(7)8/h2,7-8H,1H3;1-2H2,(H,5,6)(H,7,8). The predicted molar refractivity (Wildman–Crippen MR) is 64.1 cm³/mol. The van der Waals surface area contributed by atoms with Crippen molar-refractivity contribution in [1.29, 1.82) is 0 Å². The summed E-state index contributed by atoms with van der Waals surface area (Å²) in [5.41, 5.74) is 0. The molecule has 94 valence electrons. The van der Waals surface area contributed by atoms with Crippen molar-refractivity contribution in [3.63, 3.8) is 0 Å². The Hall–Kier alpha value is -0.760. The lowest BCUT2D eigenvalue weighted by Crippen LogP contribution is -2.00. The van der Waals surface area contributed by atoms with E-state index in [1.54, 1.807) is 6.92 Å². The van der Waals surface area contributed by atoms with Crippen LogP contribution in [-0.4, -0.2) is 35.6 Å². The zero-order chi connectivity index (χ0) is 13.4. The molecule has 8 heteroatoms. The van der Waals surface area contributed by atoms with Gasteiger partial charge in [-0.25, -0.2) is 0 Å². The number of alkyl halides is 2. The fraction of sp³-hybridized carbons (Fsp3) is 0.500. The second-order valence-corrected chi connectivity index (χ2v) is 7.11. The number of hydrogen-bond donors (Lipinski definition) is 4. The number of halogens is 2. The van der Waals surface area contributed by atoms with E-state index in [1.165, 1.54) is 6.08 Å². The Balaban J connectivity index is 0. The van der Waals surface area contributed by atoms with Crippen molar-refractivity contribution in [3.05, 3.63) is 12.0 Å². The summed E-state index contributed by atoms with van der Waals surface area (Å²) in [7, 11) is 0. The van der Waals surface area contributed by atoms with Gasteiger partial charge in [-0.05, 0) is 6.92 Å². The van der Waals surface area contributed by atoms with Gasteiger partial charge >= 0.3 is 11.9 Å². The van der Waals surface area contributed by atoms with Gasteiger partial charge < -0.3 is 20.4 Å². The molecule has 6 nitrogen and oxygen atoms in total. The topological polar surface area (TPSA) is 115 Å². The van der Waals surface area contributed by atoms with Crippen molar-refractivity contribution in [3.8, 4) is 0 Å². The monoisotopic (exact) mass is 362 g/mol. The summed E-state index contributed by atoms with van der Waals surface area (Å²) in [6.07, 6.45) is 0.623. The normalized spacial score (nSPS) is 9.69. The van der Waals surface area contributed by atoms with Gasteiger partial charge in [-0.1, -0.05) is 31.9 Å². The molecule has 0 radical (unpaired) electrons. The van der Waals surface area contributed by atoms with E-state index in [9.17, 15) is 9.59 Å². The molecule has 0 atom stereocenters. The van der Waals surface area contributed by atoms with Crippen LogP contribution in [0.4, 0.5) is 0 Å². The van der Waals surface area contributed by atoms with Crippen molar-refractivity contribution < 1.29 is 30.0 Å². The minimum atomic E-state index is -1.08. The van der Waals surface area contributed by atoms with Crippen molar-refractivity contribution in [2.45, 2.75) is 23.0 Å². The molecule has 0 fully saturated rings. The van der Waals surface area contributed by atoms with Crippen LogP contribution in [0.1, 0.15) is 19.8 Å². The first-order valence-corrected chi connectivity index (χ1v) is 5.55. The maximum Gasteiger partial charge on any atom is 0.303 e. The number of carboxylic acid groups (broad SMARTS) is 2. The molecule has 0 bridgehead atoms. The van der Waals surface area contributed by atoms with E-state index in [0.29, 0.717) is 0 Å². The van der Waals surface area contributed by atoms with Crippen LogP contribution in [0.2, 0.25) is 0 Å². The van der Waals surface area contributed by atoms with Crippen molar-refractivity contribution in [2.75, 3.05) is 0 Å². The Morgan fingerprint density at radius 3 is 1.44 bits per heavy atom. The van der Waals surface area contributed by atoms with E-state index in [-0.39, 0.29) is 12.8 Å². The third-order valence-corrected chi connectivity index (χ3v) is 1.39. The van der Waals surface area contributed by atoms with Crippen LogP contribution in [0.3, 0.4) is 0 Å². The summed E-state index contributed by atoms with van der Waals surface area (Å²) in [6.45, 7) is 1.72. The largest absolute Gasteiger partial charge is 0.481 e. The number of aliphatic hydroxyl groups is 2. The first-order valence-electron chi connectivity index (χ1n) is 3.97. The number of allylic oxidation sites excluding steroid dienone is 1. The van der Waals surface area contributed by atoms with E-state index in [4.69, 9.17) is 20.4 Å². The Morgan fingerprint density at radius 2 is 1.38 bits per heavy atom. The van der Waals surface area contributed by atoms with Gasteiger partial charge in [0.25, 0.3) is 5.95 Å². The lowest BCUT2D eigenvalue weighted by Gasteiger charge is -2.04. The molecule has 0 rings (SSSR count). The van der Waals surface area contributed by atoms with Crippen LogP contribution in [0.15, 0.2) is 12.0 Å². The van der Waals surface area contributed by atoms with Crippen LogP contribution in [0.5, 0.6) is 0 Å². The van der Waals surface area contributed by atoms with E-state index in [2.05, 4.69) is 31.9 Å². The number of carboxylic acids is 2. The number of rotatable bonds is 4. The van der Waals surface area contributed by atoms with Gasteiger partial charge in [0.2, 0.25) is 0 Å². The first kappa shape index (κ1) is 17.6. The van der Waals surface area contributed by atoms with Gasteiger partial charge in [0.15, 0.2) is 0 Å². The molecule has 16 heavy (non-hydrogen) atoms. The van der Waals surface area contributed by atoms with E-state index in [0.717, 1.165) is 0 Å². The maximum atomic E-state index is 9.64. The fourth-order valence-electron chi connectivity index (χ4n) is 0.441. The highest BCUT2D eigenvalue weighted by molar-refractivity contribution is 9.25. The van der Waals surface area contributed by atoms with Gasteiger partial charge in [-0.2, -0.15) is 0 Å². The van der Waals surface area contributed by atoms with Crippen LogP contribution in [-0.2, 0) is 9.59 Å². The van der Waals surface area contributed by atoms with Gasteiger partial charge in [0.05, 0.1) is 12.8 Å². The first-order chi connectivity index (χ1) is 7.04. The lowest BCUT2D eigenvalue weighted by molar-refractivity contribution is -0.143. The molecule has 0 aromatic rings. The second kappa shape index (κ2) is 8.40. The van der Waals surface area contributed by atoms with Crippen LogP contribution in [0, 0.1) is 0 Å². The van der Waals surface area contributed by atoms with Crippen LogP contribution < -0.4 is 0 Å². The average Bonchev–Trinajstić information content (AvgIpc) is 1.96. The van der Waals surface area contributed by atoms with Gasteiger partial charge in [0, 0.05) is 6.08 Å². The number of aliphatic carboxylic acids is 2. The van der Waals surface area contributed by atoms with Gasteiger partial charge in [-0.15, -0.1) is 0 Å².